The number of nitrogens with one attached hydrogen (secondary N) is 2. The van der Waals surface area contributed by atoms with Crippen LogP contribution in [0.3, 0.4) is 0 Å². The number of fused-ring (bicyclic) bond motifs is 1. The molecule has 6 rings (SSSR count). The molecule has 3 aliphatic rings. The molecule has 0 aromatic carbocycles. The second-order valence-corrected chi connectivity index (χ2v) is 12.2. The summed E-state index contributed by atoms with van der Waals surface area (Å²) in [5.41, 5.74) is 0.861. The number of aromatic nitrogens is 5. The molecule has 17 heteroatoms. The third-order valence-corrected chi connectivity index (χ3v) is 8.64. The molecule has 0 saturated heterocycles. The van der Waals surface area contributed by atoms with E-state index in [-0.39, 0.29) is 49.8 Å². The maximum atomic E-state index is 14.0. The van der Waals surface area contributed by atoms with Crippen LogP contribution in [0, 0.1) is 17.8 Å². The lowest BCUT2D eigenvalue weighted by Gasteiger charge is -2.34. The first-order chi connectivity index (χ1) is 21.4. The summed E-state index contributed by atoms with van der Waals surface area (Å²) < 4.78 is 90.6. The minimum absolute atomic E-state index is 0.0136. The fraction of sp³-hybridized carbons (Fsp3) is 0.643. The molecule has 11 nitrogen and oxygen atoms in total. The van der Waals surface area contributed by atoms with Crippen LogP contribution < -0.4 is 15.4 Å². The minimum Gasteiger partial charge on any atom is -0.468 e. The van der Waals surface area contributed by atoms with Gasteiger partial charge < -0.3 is 15.4 Å². The SMILES string of the molecule is O=C(CC1CC(F)(F)C1)NC(c1cnn2cc([C@@H](NC(=O)c3nonc3OCC(F)F)C3CCC(F)(F)CC3)nc2c1)C1CC1. The van der Waals surface area contributed by atoms with Crippen LogP contribution in [0.2, 0.25) is 0 Å². The lowest BCUT2D eigenvalue weighted by Crippen LogP contribution is -2.39. The molecule has 2 atom stereocenters. The van der Waals surface area contributed by atoms with Crippen LogP contribution in [0.5, 0.6) is 5.88 Å². The van der Waals surface area contributed by atoms with Gasteiger partial charge in [-0.15, -0.1) is 0 Å². The molecule has 2 amide bonds. The number of hydrogen-bond acceptors (Lipinski definition) is 8. The first kappa shape index (κ1) is 31.1. The molecule has 2 N–H and O–H groups in total. The Morgan fingerprint density at radius 1 is 1.00 bits per heavy atom. The van der Waals surface area contributed by atoms with Crippen LogP contribution in [0.1, 0.15) is 91.6 Å². The van der Waals surface area contributed by atoms with Gasteiger partial charge in [0.1, 0.15) is 0 Å². The zero-order chi connectivity index (χ0) is 31.9. The number of carbonyl (C=O) groups is 2. The van der Waals surface area contributed by atoms with E-state index in [2.05, 4.69) is 35.7 Å². The number of nitrogens with zero attached hydrogens (tertiary/aromatic N) is 5. The van der Waals surface area contributed by atoms with Gasteiger partial charge in [0, 0.05) is 32.1 Å². The Kier molecular flexibility index (Phi) is 8.37. The number of imidazole rings is 1. The van der Waals surface area contributed by atoms with Crippen molar-refractivity contribution in [2.75, 3.05) is 6.61 Å². The van der Waals surface area contributed by atoms with Gasteiger partial charge in [0.15, 0.2) is 12.3 Å². The molecule has 0 bridgehead atoms. The molecule has 0 radical (unpaired) electrons. The molecule has 244 valence electrons. The first-order valence-electron chi connectivity index (χ1n) is 14.8. The Bertz CT molecular complexity index is 1530. The zero-order valence-electron chi connectivity index (χ0n) is 23.9. The van der Waals surface area contributed by atoms with Crippen LogP contribution in [-0.4, -0.2) is 61.6 Å². The third kappa shape index (κ3) is 7.32. The van der Waals surface area contributed by atoms with Crippen molar-refractivity contribution in [3.63, 3.8) is 0 Å². The van der Waals surface area contributed by atoms with Gasteiger partial charge in [0.25, 0.3) is 18.2 Å². The molecule has 3 saturated carbocycles. The van der Waals surface area contributed by atoms with Crippen molar-refractivity contribution in [3.8, 4) is 5.88 Å². The first-order valence-corrected chi connectivity index (χ1v) is 14.8. The van der Waals surface area contributed by atoms with E-state index in [0.29, 0.717) is 16.9 Å². The van der Waals surface area contributed by atoms with Crippen LogP contribution >= 0.6 is 0 Å². The van der Waals surface area contributed by atoms with E-state index in [4.69, 9.17) is 4.74 Å². The van der Waals surface area contributed by atoms with E-state index in [0.717, 1.165) is 12.8 Å². The molecule has 3 aromatic heterocycles. The lowest BCUT2D eigenvalue weighted by molar-refractivity contribution is -0.134. The summed E-state index contributed by atoms with van der Waals surface area (Å²) in [7, 11) is 0. The molecule has 1 unspecified atom stereocenters. The standard InChI is InChI=1S/C28H31F6N7O4/c29-19(30)13-44-26-24(39-45-40-26)25(43)38-23(16-3-5-27(31,32)6-4-16)18-12-41-20(36-18)8-17(11-35-41)22(15-1-2-15)37-21(42)7-14-9-28(33,34)10-14/h8,11-12,14-16,19,22-23H,1-7,9-10,13H2,(H,37,42)(H,38,43)/t22?,23-/m0/s1. The fourth-order valence-electron chi connectivity index (χ4n) is 6.15. The number of amides is 2. The summed E-state index contributed by atoms with van der Waals surface area (Å²) in [5, 5.41) is 16.9. The molecule has 3 aromatic rings. The van der Waals surface area contributed by atoms with Crippen molar-refractivity contribution in [1.29, 1.82) is 0 Å². The van der Waals surface area contributed by atoms with Crippen molar-refractivity contribution in [2.45, 2.75) is 88.1 Å². The van der Waals surface area contributed by atoms with E-state index >= 15 is 0 Å². The quantitative estimate of drug-likeness (QED) is 0.262. The molecule has 45 heavy (non-hydrogen) atoms. The summed E-state index contributed by atoms with van der Waals surface area (Å²) >= 11 is 0. The van der Waals surface area contributed by atoms with Gasteiger partial charge >= 0.3 is 0 Å². The Morgan fingerprint density at radius 2 is 1.71 bits per heavy atom. The number of alkyl halides is 6. The van der Waals surface area contributed by atoms with E-state index < -0.39 is 73.2 Å². The molecule has 3 aliphatic carbocycles. The van der Waals surface area contributed by atoms with Crippen LogP contribution in [0.4, 0.5) is 26.3 Å². The Hall–Kier alpha value is -3.92. The van der Waals surface area contributed by atoms with Gasteiger partial charge in [-0.05, 0) is 65.4 Å². The average Bonchev–Trinajstić information content (AvgIpc) is 3.53. The fourth-order valence-corrected chi connectivity index (χ4v) is 6.15. The summed E-state index contributed by atoms with van der Waals surface area (Å²) in [4.78, 5) is 30.5. The van der Waals surface area contributed by atoms with Gasteiger partial charge in [-0.1, -0.05) is 0 Å². The van der Waals surface area contributed by atoms with Gasteiger partial charge in [0.05, 0.1) is 30.2 Å². The van der Waals surface area contributed by atoms with Crippen molar-refractivity contribution in [3.05, 3.63) is 35.4 Å². The summed E-state index contributed by atoms with van der Waals surface area (Å²) in [6.07, 6.45) is 0.791. The van der Waals surface area contributed by atoms with Crippen molar-refractivity contribution >= 4 is 17.5 Å². The summed E-state index contributed by atoms with van der Waals surface area (Å²) in [5.74, 6) is -7.94. The van der Waals surface area contributed by atoms with Gasteiger partial charge in [-0.2, -0.15) is 5.10 Å². The van der Waals surface area contributed by atoms with Gasteiger partial charge in [0.2, 0.25) is 23.4 Å². The largest absolute Gasteiger partial charge is 0.468 e. The highest BCUT2D eigenvalue weighted by Crippen LogP contribution is 2.45. The van der Waals surface area contributed by atoms with Crippen molar-refractivity contribution in [1.82, 2.24) is 35.5 Å². The second kappa shape index (κ2) is 12.1. The molecular formula is C28H31F6N7O4. The van der Waals surface area contributed by atoms with Crippen LogP contribution in [-0.2, 0) is 4.79 Å². The zero-order valence-corrected chi connectivity index (χ0v) is 23.9. The highest BCUT2D eigenvalue weighted by Gasteiger charge is 2.46. The van der Waals surface area contributed by atoms with Crippen molar-refractivity contribution in [2.24, 2.45) is 17.8 Å². The van der Waals surface area contributed by atoms with Gasteiger partial charge in [-0.25, -0.2) is 40.5 Å². The van der Waals surface area contributed by atoms with Gasteiger partial charge in [-0.3, -0.25) is 9.59 Å². The monoisotopic (exact) mass is 643 g/mol. The van der Waals surface area contributed by atoms with Crippen LogP contribution in [0.15, 0.2) is 23.1 Å². The maximum absolute atomic E-state index is 14.0. The molecule has 0 spiro atoms. The third-order valence-electron chi connectivity index (χ3n) is 8.64. The highest BCUT2D eigenvalue weighted by atomic mass is 19.3. The second-order valence-electron chi connectivity index (χ2n) is 12.2. The number of hydrogen-bond donors (Lipinski definition) is 2. The molecule has 0 aliphatic heterocycles. The van der Waals surface area contributed by atoms with E-state index in [1.807, 2.05) is 0 Å². The number of halogens is 6. The predicted octanol–water partition coefficient (Wildman–Crippen LogP) is 5.06. The normalized spacial score (nSPS) is 21.3. The maximum Gasteiger partial charge on any atom is 0.289 e. The number of ether oxygens (including phenoxy) is 1. The summed E-state index contributed by atoms with van der Waals surface area (Å²) in [6.45, 7) is -1.05. The van der Waals surface area contributed by atoms with E-state index in [1.54, 1.807) is 18.5 Å². The predicted molar refractivity (Wildman–Crippen MR) is 142 cm³/mol. The van der Waals surface area contributed by atoms with Crippen LogP contribution in [0.25, 0.3) is 5.65 Å². The highest BCUT2D eigenvalue weighted by molar-refractivity contribution is 5.94. The Morgan fingerprint density at radius 3 is 2.38 bits per heavy atom. The summed E-state index contributed by atoms with van der Waals surface area (Å²) in [6, 6.07) is 0.444. The minimum atomic E-state index is -2.84. The molecule has 3 fully saturated rings. The Balaban J connectivity index is 1.22. The lowest BCUT2D eigenvalue weighted by atomic mass is 9.79. The Labute approximate surface area is 252 Å². The topological polar surface area (TPSA) is 137 Å². The molecular weight excluding hydrogens is 612 g/mol. The van der Waals surface area contributed by atoms with E-state index in [1.165, 1.54) is 4.52 Å². The smallest absolute Gasteiger partial charge is 0.289 e. The average molecular weight is 644 g/mol. The number of carbonyl (C=O) groups excluding carboxylic acids is 2. The number of rotatable bonds is 12. The van der Waals surface area contributed by atoms with Crippen molar-refractivity contribution < 1.29 is 45.3 Å². The van der Waals surface area contributed by atoms with E-state index in [9.17, 15) is 35.9 Å². The molecule has 3 heterocycles.